The average Bonchev–Trinajstić information content (AvgIpc) is 2.60. The Morgan fingerprint density at radius 3 is 2.50 bits per heavy atom. The normalized spacial score (nSPS) is 18.0. The van der Waals surface area contributed by atoms with Gasteiger partial charge < -0.3 is 10.8 Å². The third-order valence-electron chi connectivity index (χ3n) is 4.82. The van der Waals surface area contributed by atoms with E-state index < -0.39 is 24.0 Å². The van der Waals surface area contributed by atoms with Gasteiger partial charge in [-0.1, -0.05) is 50.3 Å². The van der Waals surface area contributed by atoms with Crippen LogP contribution in [0.5, 0.6) is 0 Å². The topological polar surface area (TPSA) is 110 Å². The molecular formula is C18H27N3O3. The van der Waals surface area contributed by atoms with E-state index in [0.717, 1.165) is 25.7 Å². The monoisotopic (exact) mass is 333 g/mol. The van der Waals surface area contributed by atoms with Gasteiger partial charge in [-0.05, 0) is 30.9 Å². The van der Waals surface area contributed by atoms with Crippen LogP contribution in [-0.4, -0.2) is 34.1 Å². The van der Waals surface area contributed by atoms with Crippen LogP contribution in [0.15, 0.2) is 24.3 Å². The van der Waals surface area contributed by atoms with Crippen LogP contribution in [0.3, 0.4) is 0 Å². The standard InChI is InChI=1S/C18H27N3O3/c1-12-7-5-6-10-14(12)17(23)21(20)18(24)16(22)15(19)11-13-8-3-2-4-9-13/h5-7,10,13,15-16,22H,2-4,8-9,11,19-20H2,1H3/t15-,16?/m1/s1. The second kappa shape index (κ2) is 8.37. The predicted molar refractivity (Wildman–Crippen MR) is 91.7 cm³/mol. The number of carbonyl (C=O) groups is 2. The zero-order valence-electron chi connectivity index (χ0n) is 14.1. The minimum atomic E-state index is -1.47. The lowest BCUT2D eigenvalue weighted by Gasteiger charge is -2.28. The molecular weight excluding hydrogens is 306 g/mol. The molecule has 1 saturated carbocycles. The van der Waals surface area contributed by atoms with Gasteiger partial charge in [0.2, 0.25) is 0 Å². The van der Waals surface area contributed by atoms with Gasteiger partial charge in [-0.3, -0.25) is 9.59 Å². The number of aliphatic hydroxyl groups excluding tert-OH is 1. The molecule has 0 spiro atoms. The average molecular weight is 333 g/mol. The van der Waals surface area contributed by atoms with Crippen molar-refractivity contribution in [1.29, 1.82) is 0 Å². The molecule has 2 rings (SSSR count). The molecule has 1 aromatic carbocycles. The number of benzene rings is 1. The molecule has 1 unspecified atom stereocenters. The number of nitrogens with zero attached hydrogens (tertiary/aromatic N) is 1. The first-order valence-corrected chi connectivity index (χ1v) is 8.54. The maximum Gasteiger partial charge on any atom is 0.275 e. The van der Waals surface area contributed by atoms with E-state index in [-0.39, 0.29) is 0 Å². The first-order valence-electron chi connectivity index (χ1n) is 8.54. The molecule has 6 heteroatoms. The summed E-state index contributed by atoms with van der Waals surface area (Å²) in [6.07, 6.45) is 4.80. The zero-order chi connectivity index (χ0) is 17.7. The summed E-state index contributed by atoms with van der Waals surface area (Å²) in [6, 6.07) is 6.14. The molecule has 2 amide bonds. The Morgan fingerprint density at radius 2 is 1.88 bits per heavy atom. The van der Waals surface area contributed by atoms with Crippen LogP contribution < -0.4 is 11.6 Å². The molecule has 0 bridgehead atoms. The molecule has 132 valence electrons. The molecule has 0 radical (unpaired) electrons. The summed E-state index contributed by atoms with van der Waals surface area (Å²) >= 11 is 0. The van der Waals surface area contributed by atoms with Crippen molar-refractivity contribution in [2.45, 2.75) is 57.6 Å². The van der Waals surface area contributed by atoms with Gasteiger partial charge in [0.15, 0.2) is 0 Å². The fraction of sp³-hybridized carbons (Fsp3) is 0.556. The minimum Gasteiger partial charge on any atom is -0.382 e. The smallest absolute Gasteiger partial charge is 0.275 e. The van der Waals surface area contributed by atoms with Crippen LogP contribution in [0.1, 0.15) is 54.4 Å². The molecule has 0 heterocycles. The number of hydrogen-bond donors (Lipinski definition) is 3. The van der Waals surface area contributed by atoms with E-state index in [1.807, 2.05) is 0 Å². The van der Waals surface area contributed by atoms with Crippen molar-refractivity contribution in [3.63, 3.8) is 0 Å². The molecule has 24 heavy (non-hydrogen) atoms. The van der Waals surface area contributed by atoms with Gasteiger partial charge in [0, 0.05) is 11.6 Å². The first kappa shape index (κ1) is 18.6. The SMILES string of the molecule is Cc1ccccc1C(=O)N(N)C(=O)C(O)[C@H](N)CC1CCCCC1. The zero-order valence-corrected chi connectivity index (χ0v) is 14.1. The van der Waals surface area contributed by atoms with Crippen molar-refractivity contribution in [2.75, 3.05) is 0 Å². The fourth-order valence-electron chi connectivity index (χ4n) is 3.30. The highest BCUT2D eigenvalue weighted by Gasteiger charge is 2.32. The van der Waals surface area contributed by atoms with E-state index in [1.54, 1.807) is 31.2 Å². The number of imide groups is 1. The van der Waals surface area contributed by atoms with Crippen molar-refractivity contribution in [3.05, 3.63) is 35.4 Å². The van der Waals surface area contributed by atoms with Gasteiger partial charge in [0.25, 0.3) is 11.8 Å². The number of rotatable bonds is 5. The Hall–Kier alpha value is -1.76. The number of amides is 2. The quantitative estimate of drug-likeness (QED) is 0.430. The highest BCUT2D eigenvalue weighted by Crippen LogP contribution is 2.27. The lowest BCUT2D eigenvalue weighted by Crippen LogP contribution is -2.53. The molecule has 6 nitrogen and oxygen atoms in total. The minimum absolute atomic E-state index is 0.335. The molecule has 5 N–H and O–H groups in total. The van der Waals surface area contributed by atoms with Crippen molar-refractivity contribution in [1.82, 2.24) is 5.01 Å². The number of aliphatic hydroxyl groups is 1. The second-order valence-electron chi connectivity index (χ2n) is 6.68. The van der Waals surface area contributed by atoms with Crippen LogP contribution in [0.25, 0.3) is 0 Å². The number of carbonyl (C=O) groups excluding carboxylic acids is 2. The van der Waals surface area contributed by atoms with E-state index >= 15 is 0 Å². The maximum absolute atomic E-state index is 12.4. The Balaban J connectivity index is 1.98. The Kier molecular flexibility index (Phi) is 6.48. The summed E-state index contributed by atoms with van der Waals surface area (Å²) < 4.78 is 0. The van der Waals surface area contributed by atoms with Crippen molar-refractivity contribution >= 4 is 11.8 Å². The van der Waals surface area contributed by atoms with Gasteiger partial charge in [-0.2, -0.15) is 0 Å². The molecule has 0 saturated heterocycles. The van der Waals surface area contributed by atoms with Crippen LogP contribution in [0.2, 0.25) is 0 Å². The highest BCUT2D eigenvalue weighted by molar-refractivity contribution is 6.06. The molecule has 1 aliphatic carbocycles. The fourth-order valence-corrected chi connectivity index (χ4v) is 3.30. The van der Waals surface area contributed by atoms with Gasteiger partial charge in [0.1, 0.15) is 6.10 Å². The number of hydrazine groups is 1. The van der Waals surface area contributed by atoms with Gasteiger partial charge in [0.05, 0.1) is 0 Å². The molecule has 1 aliphatic rings. The molecule has 1 aromatic rings. The van der Waals surface area contributed by atoms with E-state index in [4.69, 9.17) is 11.6 Å². The van der Waals surface area contributed by atoms with E-state index in [2.05, 4.69) is 0 Å². The number of hydrogen-bond acceptors (Lipinski definition) is 5. The van der Waals surface area contributed by atoms with Crippen LogP contribution in [0, 0.1) is 12.8 Å². The molecule has 2 atom stereocenters. The van der Waals surface area contributed by atoms with Gasteiger partial charge >= 0.3 is 0 Å². The summed E-state index contributed by atoms with van der Waals surface area (Å²) in [5.41, 5.74) is 7.04. The van der Waals surface area contributed by atoms with Gasteiger partial charge in [-0.15, -0.1) is 0 Å². The third-order valence-corrected chi connectivity index (χ3v) is 4.82. The van der Waals surface area contributed by atoms with Crippen molar-refractivity contribution in [2.24, 2.45) is 17.5 Å². The largest absolute Gasteiger partial charge is 0.382 e. The highest BCUT2D eigenvalue weighted by atomic mass is 16.3. The Bertz CT molecular complexity index is 585. The van der Waals surface area contributed by atoms with E-state index in [9.17, 15) is 14.7 Å². The van der Waals surface area contributed by atoms with Crippen molar-refractivity contribution < 1.29 is 14.7 Å². The summed E-state index contributed by atoms with van der Waals surface area (Å²) in [7, 11) is 0. The number of aryl methyl sites for hydroxylation is 1. The molecule has 0 aromatic heterocycles. The Labute approximate surface area is 142 Å². The van der Waals surface area contributed by atoms with Crippen LogP contribution in [-0.2, 0) is 4.79 Å². The summed E-state index contributed by atoms with van der Waals surface area (Å²) in [4.78, 5) is 24.7. The summed E-state index contributed by atoms with van der Waals surface area (Å²) in [6.45, 7) is 1.76. The first-order chi connectivity index (χ1) is 11.4. The lowest BCUT2D eigenvalue weighted by atomic mass is 9.84. The van der Waals surface area contributed by atoms with E-state index in [0.29, 0.717) is 28.5 Å². The van der Waals surface area contributed by atoms with Gasteiger partial charge in [-0.25, -0.2) is 10.9 Å². The van der Waals surface area contributed by atoms with Crippen LogP contribution in [0.4, 0.5) is 0 Å². The number of nitrogens with two attached hydrogens (primary N) is 2. The van der Waals surface area contributed by atoms with E-state index in [1.165, 1.54) is 6.42 Å². The molecule has 0 aliphatic heterocycles. The second-order valence-corrected chi connectivity index (χ2v) is 6.68. The summed E-state index contributed by atoms with van der Waals surface area (Å²) in [5.74, 6) is 4.59. The summed E-state index contributed by atoms with van der Waals surface area (Å²) in [5, 5.41) is 10.7. The van der Waals surface area contributed by atoms with Crippen LogP contribution >= 0.6 is 0 Å². The maximum atomic E-state index is 12.4. The predicted octanol–water partition coefficient (Wildman–Crippen LogP) is 1.50. The molecule has 1 fully saturated rings. The third kappa shape index (κ3) is 4.41. The lowest BCUT2D eigenvalue weighted by molar-refractivity contribution is -0.138. The Morgan fingerprint density at radius 1 is 1.25 bits per heavy atom. The van der Waals surface area contributed by atoms with Crippen molar-refractivity contribution in [3.8, 4) is 0 Å².